The van der Waals surface area contributed by atoms with Gasteiger partial charge in [-0.1, -0.05) is 18.5 Å². The molecule has 2 nitrogen and oxygen atoms in total. The zero-order chi connectivity index (χ0) is 11.8. The Morgan fingerprint density at radius 1 is 1.44 bits per heavy atom. The molecule has 0 aliphatic rings. The molecule has 1 unspecified atom stereocenters. The summed E-state index contributed by atoms with van der Waals surface area (Å²) in [6.07, 6.45) is 2.15. The van der Waals surface area contributed by atoms with Crippen LogP contribution in [0.25, 0.3) is 0 Å². The van der Waals surface area contributed by atoms with Gasteiger partial charge in [-0.3, -0.25) is 0 Å². The number of thiophene rings is 1. The van der Waals surface area contributed by atoms with E-state index in [2.05, 4.69) is 25.2 Å². The highest BCUT2D eigenvalue weighted by Crippen LogP contribution is 2.26. The largest absolute Gasteiger partial charge is 0.381 e. The summed E-state index contributed by atoms with van der Waals surface area (Å²) in [7, 11) is 0. The minimum atomic E-state index is 0.378. The van der Waals surface area contributed by atoms with Crippen LogP contribution in [-0.4, -0.2) is 19.8 Å². The van der Waals surface area contributed by atoms with Crippen LogP contribution in [0.15, 0.2) is 12.1 Å². The number of hydrogen-bond acceptors (Lipinski definition) is 3. The lowest BCUT2D eigenvalue weighted by Crippen LogP contribution is -2.20. The lowest BCUT2D eigenvalue weighted by atomic mass is 10.2. The molecule has 0 saturated carbocycles. The second kappa shape index (κ2) is 8.07. The molecule has 0 amide bonds. The maximum atomic E-state index is 5.89. The van der Waals surface area contributed by atoms with E-state index in [-0.39, 0.29) is 0 Å². The van der Waals surface area contributed by atoms with Crippen molar-refractivity contribution in [2.24, 2.45) is 0 Å². The Hall–Kier alpha value is -0.0900. The SMILES string of the molecule is CCCOCCCNC(C)c1ccc(Cl)s1. The molecule has 4 heteroatoms. The molecular weight excluding hydrogens is 242 g/mol. The van der Waals surface area contributed by atoms with Crippen molar-refractivity contribution < 1.29 is 4.74 Å². The van der Waals surface area contributed by atoms with Gasteiger partial charge < -0.3 is 10.1 Å². The molecule has 1 atom stereocenters. The van der Waals surface area contributed by atoms with Crippen LogP contribution in [0.4, 0.5) is 0 Å². The van der Waals surface area contributed by atoms with Crippen molar-refractivity contribution >= 4 is 22.9 Å². The third kappa shape index (κ3) is 5.30. The topological polar surface area (TPSA) is 21.3 Å². The molecule has 0 saturated heterocycles. The Bertz CT molecular complexity index is 290. The van der Waals surface area contributed by atoms with Gasteiger partial charge in [0.25, 0.3) is 0 Å². The van der Waals surface area contributed by atoms with Crippen LogP contribution in [0, 0.1) is 0 Å². The van der Waals surface area contributed by atoms with Gasteiger partial charge in [0.15, 0.2) is 0 Å². The van der Waals surface area contributed by atoms with Gasteiger partial charge >= 0.3 is 0 Å². The van der Waals surface area contributed by atoms with Gasteiger partial charge in [0.05, 0.1) is 4.34 Å². The molecule has 1 rings (SSSR count). The van der Waals surface area contributed by atoms with Crippen molar-refractivity contribution in [3.63, 3.8) is 0 Å². The van der Waals surface area contributed by atoms with Crippen molar-refractivity contribution in [1.29, 1.82) is 0 Å². The van der Waals surface area contributed by atoms with E-state index < -0.39 is 0 Å². The molecule has 0 fully saturated rings. The smallest absolute Gasteiger partial charge is 0.0931 e. The fraction of sp³-hybridized carbons (Fsp3) is 0.667. The average Bonchev–Trinajstić information content (AvgIpc) is 2.70. The Balaban J connectivity index is 2.09. The van der Waals surface area contributed by atoms with Gasteiger partial charge in [-0.25, -0.2) is 0 Å². The summed E-state index contributed by atoms with van der Waals surface area (Å²) in [6.45, 7) is 6.99. The minimum Gasteiger partial charge on any atom is -0.381 e. The lowest BCUT2D eigenvalue weighted by Gasteiger charge is -2.11. The van der Waals surface area contributed by atoms with Crippen LogP contribution in [0.2, 0.25) is 4.34 Å². The Morgan fingerprint density at radius 2 is 2.25 bits per heavy atom. The van der Waals surface area contributed by atoms with E-state index in [4.69, 9.17) is 16.3 Å². The third-order valence-corrected chi connectivity index (χ3v) is 3.70. The number of hydrogen-bond donors (Lipinski definition) is 1. The van der Waals surface area contributed by atoms with Gasteiger partial charge in [-0.05, 0) is 38.4 Å². The first kappa shape index (κ1) is 14.0. The lowest BCUT2D eigenvalue weighted by molar-refractivity contribution is 0.132. The van der Waals surface area contributed by atoms with Crippen molar-refractivity contribution in [3.8, 4) is 0 Å². The van der Waals surface area contributed by atoms with E-state index in [1.807, 2.05) is 6.07 Å². The van der Waals surface area contributed by atoms with Crippen molar-refractivity contribution in [3.05, 3.63) is 21.3 Å². The van der Waals surface area contributed by atoms with Crippen LogP contribution in [0.1, 0.15) is 37.6 Å². The zero-order valence-electron chi connectivity index (χ0n) is 9.96. The molecule has 1 aromatic rings. The van der Waals surface area contributed by atoms with E-state index in [9.17, 15) is 0 Å². The molecule has 92 valence electrons. The molecule has 1 aromatic heterocycles. The van der Waals surface area contributed by atoms with Gasteiger partial charge in [0, 0.05) is 24.1 Å². The Morgan fingerprint density at radius 3 is 2.88 bits per heavy atom. The summed E-state index contributed by atoms with van der Waals surface area (Å²) in [5.41, 5.74) is 0. The van der Waals surface area contributed by atoms with Crippen LogP contribution < -0.4 is 5.32 Å². The fourth-order valence-corrected chi connectivity index (χ4v) is 2.49. The quantitative estimate of drug-likeness (QED) is 0.718. The highest BCUT2D eigenvalue weighted by Gasteiger charge is 2.06. The predicted octanol–water partition coefficient (Wildman–Crippen LogP) is 3.87. The number of ether oxygens (including phenoxy) is 1. The first-order valence-corrected chi connectivity index (χ1v) is 7.00. The maximum absolute atomic E-state index is 5.89. The standard InChI is InChI=1S/C12H20ClNOS/c1-3-8-15-9-4-7-14-10(2)11-5-6-12(13)16-11/h5-6,10,14H,3-4,7-9H2,1-2H3. The minimum absolute atomic E-state index is 0.378. The Kier molecular flexibility index (Phi) is 7.05. The highest BCUT2D eigenvalue weighted by molar-refractivity contribution is 7.16. The maximum Gasteiger partial charge on any atom is 0.0931 e. The van der Waals surface area contributed by atoms with Crippen molar-refractivity contribution in [1.82, 2.24) is 5.32 Å². The normalized spacial score (nSPS) is 12.9. The first-order valence-electron chi connectivity index (χ1n) is 5.80. The van der Waals surface area contributed by atoms with Gasteiger partial charge in [0.2, 0.25) is 0 Å². The summed E-state index contributed by atoms with van der Waals surface area (Å²) in [5, 5.41) is 3.46. The monoisotopic (exact) mass is 261 g/mol. The van der Waals surface area contributed by atoms with Crippen molar-refractivity contribution in [2.45, 2.75) is 32.7 Å². The zero-order valence-corrected chi connectivity index (χ0v) is 11.5. The molecule has 0 spiro atoms. The molecule has 16 heavy (non-hydrogen) atoms. The molecule has 0 radical (unpaired) electrons. The second-order valence-corrected chi connectivity index (χ2v) is 5.53. The molecule has 0 bridgehead atoms. The number of nitrogens with one attached hydrogen (secondary N) is 1. The number of halogens is 1. The van der Waals surface area contributed by atoms with Gasteiger partial charge in [-0.15, -0.1) is 11.3 Å². The van der Waals surface area contributed by atoms with Crippen LogP contribution >= 0.6 is 22.9 Å². The number of rotatable bonds is 8. The average molecular weight is 262 g/mol. The van der Waals surface area contributed by atoms with E-state index in [0.29, 0.717) is 6.04 Å². The molecule has 0 aromatic carbocycles. The molecular formula is C12H20ClNOS. The first-order chi connectivity index (χ1) is 7.74. The van der Waals surface area contributed by atoms with Crippen LogP contribution in [0.5, 0.6) is 0 Å². The van der Waals surface area contributed by atoms with E-state index in [0.717, 1.165) is 36.9 Å². The molecule has 0 aliphatic carbocycles. The summed E-state index contributed by atoms with van der Waals surface area (Å²) in [4.78, 5) is 1.29. The predicted molar refractivity (Wildman–Crippen MR) is 71.5 cm³/mol. The highest BCUT2D eigenvalue weighted by atomic mass is 35.5. The van der Waals surface area contributed by atoms with Gasteiger partial charge in [0.1, 0.15) is 0 Å². The summed E-state index contributed by atoms with van der Waals surface area (Å²) in [6, 6.07) is 4.41. The van der Waals surface area contributed by atoms with E-state index in [1.54, 1.807) is 11.3 Å². The molecule has 1 heterocycles. The van der Waals surface area contributed by atoms with E-state index >= 15 is 0 Å². The second-order valence-electron chi connectivity index (χ2n) is 3.78. The third-order valence-electron chi connectivity index (χ3n) is 2.29. The fourth-order valence-electron chi connectivity index (χ4n) is 1.40. The van der Waals surface area contributed by atoms with Crippen LogP contribution in [-0.2, 0) is 4.74 Å². The summed E-state index contributed by atoms with van der Waals surface area (Å²) in [5.74, 6) is 0. The van der Waals surface area contributed by atoms with E-state index in [1.165, 1.54) is 4.88 Å². The molecule has 1 N–H and O–H groups in total. The van der Waals surface area contributed by atoms with Crippen LogP contribution in [0.3, 0.4) is 0 Å². The molecule has 0 aliphatic heterocycles. The summed E-state index contributed by atoms with van der Waals surface area (Å²) >= 11 is 7.53. The van der Waals surface area contributed by atoms with Crippen molar-refractivity contribution in [2.75, 3.05) is 19.8 Å². The Labute approximate surface area is 107 Å². The van der Waals surface area contributed by atoms with Gasteiger partial charge in [-0.2, -0.15) is 0 Å². The summed E-state index contributed by atoms with van der Waals surface area (Å²) < 4.78 is 6.27.